The zero-order chi connectivity index (χ0) is 15.9. The van der Waals surface area contributed by atoms with E-state index >= 15 is 0 Å². The van der Waals surface area contributed by atoms with Crippen LogP contribution in [0.25, 0.3) is 0 Å². The molecule has 4 heteroatoms. The molecular formula is C17H33NO3. The summed E-state index contributed by atoms with van der Waals surface area (Å²) in [6, 6.07) is 0. The fourth-order valence-corrected chi connectivity index (χ4v) is 2.36. The minimum atomic E-state index is -0.829. The maximum atomic E-state index is 12.1. The van der Waals surface area contributed by atoms with Crippen molar-refractivity contribution in [3.8, 4) is 0 Å². The van der Waals surface area contributed by atoms with Gasteiger partial charge in [-0.25, -0.2) is 0 Å². The quantitative estimate of drug-likeness (QED) is 0.488. The minimum absolute atomic E-state index is 0.0509. The monoisotopic (exact) mass is 299 g/mol. The molecule has 0 saturated heterocycles. The highest BCUT2D eigenvalue weighted by Crippen LogP contribution is 2.09. The highest BCUT2D eigenvalue weighted by atomic mass is 16.4. The van der Waals surface area contributed by atoms with Crippen molar-refractivity contribution in [2.45, 2.75) is 84.5 Å². The normalized spacial score (nSPS) is 10.6. The van der Waals surface area contributed by atoms with Crippen LogP contribution in [0.15, 0.2) is 0 Å². The van der Waals surface area contributed by atoms with Gasteiger partial charge in [-0.3, -0.25) is 9.59 Å². The van der Waals surface area contributed by atoms with E-state index in [1.807, 2.05) is 0 Å². The first-order valence-electron chi connectivity index (χ1n) is 8.61. The lowest BCUT2D eigenvalue weighted by molar-refractivity contribution is -0.138. The molecule has 0 heterocycles. The highest BCUT2D eigenvalue weighted by molar-refractivity contribution is 5.77. The first-order valence-corrected chi connectivity index (χ1v) is 8.61. The third kappa shape index (κ3) is 12.4. The smallest absolute Gasteiger partial charge is 0.305 e. The maximum Gasteiger partial charge on any atom is 0.305 e. The zero-order valence-corrected chi connectivity index (χ0v) is 13.9. The van der Waals surface area contributed by atoms with Crippen LogP contribution in [0.5, 0.6) is 0 Å². The summed E-state index contributed by atoms with van der Waals surface area (Å²) in [5, 5.41) is 8.79. The lowest BCUT2D eigenvalue weighted by Gasteiger charge is -2.22. The first kappa shape index (κ1) is 19.9. The molecule has 4 nitrogen and oxygen atoms in total. The predicted molar refractivity (Wildman–Crippen MR) is 86.4 cm³/mol. The second kappa shape index (κ2) is 13.9. The lowest BCUT2D eigenvalue weighted by atomic mass is 10.1. The summed E-state index contributed by atoms with van der Waals surface area (Å²) in [4.78, 5) is 24.6. The van der Waals surface area contributed by atoms with E-state index in [1.165, 1.54) is 25.7 Å². The molecule has 0 saturated carbocycles. The molecule has 0 atom stereocenters. The Hall–Kier alpha value is -1.06. The minimum Gasteiger partial charge on any atom is -0.481 e. The molecule has 21 heavy (non-hydrogen) atoms. The van der Waals surface area contributed by atoms with E-state index in [9.17, 15) is 9.59 Å². The van der Waals surface area contributed by atoms with Crippen LogP contribution in [-0.2, 0) is 9.59 Å². The van der Waals surface area contributed by atoms with Crippen molar-refractivity contribution in [3.05, 3.63) is 0 Å². The molecule has 0 spiro atoms. The Kier molecular flexibility index (Phi) is 13.2. The van der Waals surface area contributed by atoms with Crippen molar-refractivity contribution >= 4 is 11.9 Å². The van der Waals surface area contributed by atoms with E-state index in [2.05, 4.69) is 13.8 Å². The summed E-state index contributed by atoms with van der Waals surface area (Å²) in [7, 11) is 0. The third-order valence-electron chi connectivity index (χ3n) is 3.72. The topological polar surface area (TPSA) is 57.6 Å². The highest BCUT2D eigenvalue weighted by Gasteiger charge is 2.13. The predicted octanol–water partition coefficient (Wildman–Crippen LogP) is 4.23. The molecule has 0 bridgehead atoms. The SMILES string of the molecule is CCCCCCCCN(CCC(=O)O)C(=O)CCCCC. The second-order valence-electron chi connectivity index (χ2n) is 5.75. The van der Waals surface area contributed by atoms with Crippen molar-refractivity contribution in [2.24, 2.45) is 0 Å². The van der Waals surface area contributed by atoms with Crippen molar-refractivity contribution in [3.63, 3.8) is 0 Å². The Bertz CT molecular complexity index is 279. The number of unbranched alkanes of at least 4 members (excludes halogenated alkanes) is 7. The standard InChI is InChI=1S/C17H33NO3/c1-3-5-7-8-9-11-14-18(15-13-17(20)21)16(19)12-10-6-4-2/h3-15H2,1-2H3,(H,20,21). The van der Waals surface area contributed by atoms with Crippen LogP contribution in [0.4, 0.5) is 0 Å². The molecular weight excluding hydrogens is 266 g/mol. The van der Waals surface area contributed by atoms with Crippen LogP contribution < -0.4 is 0 Å². The Labute approximate surface area is 129 Å². The molecule has 0 aliphatic heterocycles. The van der Waals surface area contributed by atoms with Gasteiger partial charge in [-0.1, -0.05) is 58.8 Å². The molecule has 124 valence electrons. The summed E-state index contributed by atoms with van der Waals surface area (Å²) in [5.41, 5.74) is 0. The van der Waals surface area contributed by atoms with Crippen LogP contribution in [-0.4, -0.2) is 35.0 Å². The summed E-state index contributed by atoms with van der Waals surface area (Å²) in [6.45, 7) is 5.38. The molecule has 0 fully saturated rings. The van der Waals surface area contributed by atoms with Gasteiger partial charge in [0.2, 0.25) is 5.91 Å². The molecule has 0 aromatic heterocycles. The van der Waals surface area contributed by atoms with Crippen molar-refractivity contribution in [1.29, 1.82) is 0 Å². The van der Waals surface area contributed by atoms with E-state index < -0.39 is 5.97 Å². The number of aliphatic carboxylic acids is 1. The molecule has 0 rings (SSSR count). The molecule has 1 amide bonds. The molecule has 0 aromatic carbocycles. The number of hydrogen-bond acceptors (Lipinski definition) is 2. The maximum absolute atomic E-state index is 12.1. The van der Waals surface area contributed by atoms with Gasteiger partial charge in [0.15, 0.2) is 0 Å². The molecule has 0 aliphatic rings. The van der Waals surface area contributed by atoms with Crippen LogP contribution in [0.1, 0.15) is 84.5 Å². The van der Waals surface area contributed by atoms with E-state index in [0.717, 1.165) is 32.1 Å². The van der Waals surface area contributed by atoms with Crippen LogP contribution >= 0.6 is 0 Å². The number of carbonyl (C=O) groups is 2. The molecule has 0 aliphatic carbocycles. The van der Waals surface area contributed by atoms with Gasteiger partial charge in [0.25, 0.3) is 0 Å². The number of amides is 1. The fourth-order valence-electron chi connectivity index (χ4n) is 2.36. The van der Waals surface area contributed by atoms with Crippen molar-refractivity contribution in [2.75, 3.05) is 13.1 Å². The Morgan fingerprint density at radius 2 is 1.33 bits per heavy atom. The number of nitrogens with zero attached hydrogens (tertiary/aromatic N) is 1. The zero-order valence-electron chi connectivity index (χ0n) is 13.9. The van der Waals surface area contributed by atoms with Gasteiger partial charge in [0.05, 0.1) is 6.42 Å². The van der Waals surface area contributed by atoms with Gasteiger partial charge in [0, 0.05) is 19.5 Å². The van der Waals surface area contributed by atoms with E-state index in [-0.39, 0.29) is 12.3 Å². The number of rotatable bonds is 14. The number of carbonyl (C=O) groups excluding carboxylic acids is 1. The van der Waals surface area contributed by atoms with E-state index in [1.54, 1.807) is 4.90 Å². The number of carboxylic acids is 1. The van der Waals surface area contributed by atoms with Gasteiger partial charge in [-0.05, 0) is 12.8 Å². The summed E-state index contributed by atoms with van der Waals surface area (Å²) in [6.07, 6.45) is 10.8. The molecule has 0 aromatic rings. The third-order valence-corrected chi connectivity index (χ3v) is 3.72. The number of carboxylic acid groups (broad SMARTS) is 1. The second-order valence-corrected chi connectivity index (χ2v) is 5.75. The van der Waals surface area contributed by atoms with Gasteiger partial charge < -0.3 is 10.0 Å². The molecule has 0 radical (unpaired) electrons. The van der Waals surface area contributed by atoms with E-state index in [0.29, 0.717) is 19.5 Å². The van der Waals surface area contributed by atoms with Gasteiger partial charge in [0.1, 0.15) is 0 Å². The molecule has 1 N–H and O–H groups in total. The van der Waals surface area contributed by atoms with Crippen LogP contribution in [0.2, 0.25) is 0 Å². The molecule has 0 unspecified atom stereocenters. The Balaban J connectivity index is 4.00. The number of hydrogen-bond donors (Lipinski definition) is 1. The van der Waals surface area contributed by atoms with Crippen molar-refractivity contribution in [1.82, 2.24) is 4.90 Å². The average molecular weight is 299 g/mol. The van der Waals surface area contributed by atoms with Gasteiger partial charge >= 0.3 is 5.97 Å². The first-order chi connectivity index (χ1) is 10.1. The van der Waals surface area contributed by atoms with E-state index in [4.69, 9.17) is 5.11 Å². The largest absolute Gasteiger partial charge is 0.481 e. The lowest BCUT2D eigenvalue weighted by Crippen LogP contribution is -2.33. The Morgan fingerprint density at radius 3 is 1.95 bits per heavy atom. The van der Waals surface area contributed by atoms with Gasteiger partial charge in [-0.15, -0.1) is 0 Å². The average Bonchev–Trinajstić information content (AvgIpc) is 2.45. The summed E-state index contributed by atoms with van der Waals surface area (Å²) >= 11 is 0. The Morgan fingerprint density at radius 1 is 0.762 bits per heavy atom. The van der Waals surface area contributed by atoms with Crippen LogP contribution in [0.3, 0.4) is 0 Å². The summed E-state index contributed by atoms with van der Waals surface area (Å²) in [5.74, 6) is -0.706. The fraction of sp³-hybridized carbons (Fsp3) is 0.882. The van der Waals surface area contributed by atoms with Crippen molar-refractivity contribution < 1.29 is 14.7 Å². The van der Waals surface area contributed by atoms with Crippen LogP contribution in [0, 0.1) is 0 Å². The summed E-state index contributed by atoms with van der Waals surface area (Å²) < 4.78 is 0. The van der Waals surface area contributed by atoms with Gasteiger partial charge in [-0.2, -0.15) is 0 Å².